The van der Waals surface area contributed by atoms with Crippen LogP contribution in [0.15, 0.2) is 30.3 Å². The number of alkyl halides is 3. The molecule has 1 heterocycles. The molecule has 2 rings (SSSR count). The lowest BCUT2D eigenvalue weighted by molar-refractivity contribution is -0.531. The molecule has 1 aromatic rings. The van der Waals surface area contributed by atoms with Crippen molar-refractivity contribution in [3.63, 3.8) is 0 Å². The van der Waals surface area contributed by atoms with E-state index < -0.39 is 12.1 Å². The Morgan fingerprint density at radius 1 is 1.14 bits per heavy atom. The van der Waals surface area contributed by atoms with E-state index in [1.807, 2.05) is 10.6 Å². The first-order valence-corrected chi connectivity index (χ1v) is 6.43. The topological polar surface area (TPSA) is 98.4 Å². The van der Waals surface area contributed by atoms with Crippen LogP contribution in [0.3, 0.4) is 0 Å². The van der Waals surface area contributed by atoms with Gasteiger partial charge in [-0.15, -0.1) is 0 Å². The second-order valence-corrected chi connectivity index (χ2v) is 4.52. The summed E-state index contributed by atoms with van der Waals surface area (Å²) in [6.07, 6.45) is -5.19. The highest BCUT2D eigenvalue weighted by Crippen LogP contribution is 2.14. The van der Waals surface area contributed by atoms with Crippen molar-refractivity contribution in [2.45, 2.75) is 6.18 Å². The fourth-order valence-electron chi connectivity index (χ4n) is 1.86. The molecule has 0 radical (unpaired) electrons. The van der Waals surface area contributed by atoms with E-state index in [0.717, 1.165) is 26.2 Å². The molecule has 0 unspecified atom stereocenters. The van der Waals surface area contributed by atoms with Gasteiger partial charge in [-0.3, -0.25) is 16.0 Å². The zero-order valence-corrected chi connectivity index (χ0v) is 11.7. The lowest BCUT2D eigenvalue weighted by Gasteiger charge is -2.29. The minimum absolute atomic E-state index is 0.433. The lowest BCUT2D eigenvalue weighted by Crippen LogP contribution is -2.48. The standard InChI is InChI=1S/C11H16N4.C2HF3O2/c12-11(13)15-8-6-14(7-9-15)10-4-2-1-3-5-10;3-2(4,5)1(6)7/h1-5H,6-9H2,(H3,12,13);(H,6,7). The minimum Gasteiger partial charge on any atom is -0.542 e. The Hall–Kier alpha value is -2.45. The molecular formula is C13H17F3N4O2. The van der Waals surface area contributed by atoms with Crippen molar-refractivity contribution in [3.05, 3.63) is 30.3 Å². The molecule has 0 aromatic heterocycles. The number of guanidine groups is 1. The molecule has 1 saturated heterocycles. The highest BCUT2D eigenvalue weighted by Gasteiger charge is 2.28. The number of hydrogen-bond acceptors (Lipinski definition) is 3. The smallest absolute Gasteiger partial charge is 0.430 e. The Morgan fingerprint density at radius 3 is 1.95 bits per heavy atom. The van der Waals surface area contributed by atoms with Crippen LogP contribution in [0.25, 0.3) is 0 Å². The molecule has 0 aliphatic carbocycles. The number of nitrogens with zero attached hydrogens (tertiary/aromatic N) is 2. The van der Waals surface area contributed by atoms with E-state index in [9.17, 15) is 13.2 Å². The van der Waals surface area contributed by atoms with Crippen molar-refractivity contribution in [3.8, 4) is 0 Å². The molecule has 0 bridgehead atoms. The van der Waals surface area contributed by atoms with E-state index in [1.54, 1.807) is 0 Å². The number of hydrogen-bond donors (Lipinski definition) is 2. The molecule has 0 atom stereocenters. The van der Waals surface area contributed by atoms with Gasteiger partial charge < -0.3 is 14.8 Å². The van der Waals surface area contributed by atoms with E-state index in [4.69, 9.17) is 21.4 Å². The third-order valence-electron chi connectivity index (χ3n) is 3.00. The highest BCUT2D eigenvalue weighted by molar-refractivity contribution is 5.70. The summed E-state index contributed by atoms with van der Waals surface area (Å²) >= 11 is 0. The van der Waals surface area contributed by atoms with Crippen molar-refractivity contribution in [2.24, 2.45) is 11.5 Å². The molecular weight excluding hydrogens is 301 g/mol. The predicted octanol–water partition coefficient (Wildman–Crippen LogP) is -0.909. The monoisotopic (exact) mass is 318 g/mol. The van der Waals surface area contributed by atoms with Crippen LogP contribution in [0.2, 0.25) is 0 Å². The Labute approximate surface area is 125 Å². The first kappa shape index (κ1) is 17.6. The number of halogens is 3. The fraction of sp³-hybridized carbons (Fsp3) is 0.385. The molecule has 6 nitrogen and oxygen atoms in total. The number of piperazine rings is 1. The normalized spacial score (nSPS) is 14.9. The second kappa shape index (κ2) is 7.53. The number of carbonyl (C=O) groups excluding carboxylic acids is 1. The third kappa shape index (κ3) is 5.51. The van der Waals surface area contributed by atoms with Crippen LogP contribution in [0.1, 0.15) is 0 Å². The van der Waals surface area contributed by atoms with Crippen LogP contribution in [0.5, 0.6) is 0 Å². The van der Waals surface area contributed by atoms with Crippen LogP contribution in [0, 0.1) is 0 Å². The van der Waals surface area contributed by atoms with Crippen LogP contribution in [-0.2, 0) is 4.79 Å². The quantitative estimate of drug-likeness (QED) is 0.516. The van der Waals surface area contributed by atoms with Gasteiger partial charge in [0.25, 0.3) is 0 Å². The summed E-state index contributed by atoms with van der Waals surface area (Å²) in [6, 6.07) is 10.4. The minimum atomic E-state index is -5.19. The SMILES string of the molecule is NC(N)=[N+]1CCN(c2ccccc2)CC1.O=C([O-])C(F)(F)F. The number of para-hydroxylation sites is 1. The summed E-state index contributed by atoms with van der Waals surface area (Å²) in [6.45, 7) is 3.75. The van der Waals surface area contributed by atoms with E-state index in [2.05, 4.69) is 29.2 Å². The van der Waals surface area contributed by atoms with Gasteiger partial charge in [-0.1, -0.05) is 18.2 Å². The zero-order valence-electron chi connectivity index (χ0n) is 11.7. The summed E-state index contributed by atoms with van der Waals surface area (Å²) in [5.74, 6) is -2.57. The number of carbonyl (C=O) groups is 1. The molecule has 0 spiro atoms. The number of rotatable bonds is 1. The van der Waals surface area contributed by atoms with Crippen molar-refractivity contribution in [2.75, 3.05) is 31.1 Å². The summed E-state index contributed by atoms with van der Waals surface area (Å²) in [7, 11) is 0. The number of aliphatic carboxylic acids is 1. The van der Waals surface area contributed by atoms with Crippen LogP contribution in [0.4, 0.5) is 18.9 Å². The maximum atomic E-state index is 10.5. The van der Waals surface area contributed by atoms with Crippen molar-refractivity contribution in [1.29, 1.82) is 0 Å². The second-order valence-electron chi connectivity index (χ2n) is 4.52. The third-order valence-corrected chi connectivity index (χ3v) is 3.00. The maximum absolute atomic E-state index is 10.5. The summed E-state index contributed by atoms with van der Waals surface area (Å²) < 4.78 is 33.6. The van der Waals surface area contributed by atoms with Crippen LogP contribution >= 0.6 is 0 Å². The Morgan fingerprint density at radius 2 is 1.59 bits per heavy atom. The first-order chi connectivity index (χ1) is 10.2. The van der Waals surface area contributed by atoms with Crippen LogP contribution in [-0.4, -0.2) is 48.9 Å². The molecule has 1 fully saturated rings. The number of carboxylic acids is 1. The molecule has 22 heavy (non-hydrogen) atoms. The van der Waals surface area contributed by atoms with Gasteiger partial charge in [0.05, 0.1) is 13.1 Å². The van der Waals surface area contributed by atoms with Gasteiger partial charge in [-0.25, -0.2) is 0 Å². The average Bonchev–Trinajstić information content (AvgIpc) is 2.48. The fourth-order valence-corrected chi connectivity index (χ4v) is 1.86. The van der Waals surface area contributed by atoms with E-state index in [1.165, 1.54) is 5.69 Å². The van der Waals surface area contributed by atoms with E-state index >= 15 is 0 Å². The molecule has 1 aromatic carbocycles. The lowest BCUT2D eigenvalue weighted by atomic mass is 10.2. The zero-order chi connectivity index (χ0) is 16.8. The van der Waals surface area contributed by atoms with Crippen molar-refractivity contribution >= 4 is 17.6 Å². The molecule has 1 aliphatic heterocycles. The van der Waals surface area contributed by atoms with Gasteiger partial charge in [0.15, 0.2) is 0 Å². The molecule has 122 valence electrons. The Kier molecular flexibility index (Phi) is 6.02. The summed E-state index contributed by atoms with van der Waals surface area (Å²) in [5, 5.41) is 8.78. The number of carboxylic acid groups (broad SMARTS) is 1. The van der Waals surface area contributed by atoms with Gasteiger partial charge in [-0.2, -0.15) is 13.2 Å². The summed E-state index contributed by atoms with van der Waals surface area (Å²) in [4.78, 5) is 11.1. The number of benzene rings is 1. The maximum Gasteiger partial charge on any atom is 0.430 e. The highest BCUT2D eigenvalue weighted by atomic mass is 19.4. The predicted molar refractivity (Wildman–Crippen MR) is 73.1 cm³/mol. The van der Waals surface area contributed by atoms with Crippen molar-refractivity contribution in [1.82, 2.24) is 0 Å². The van der Waals surface area contributed by atoms with E-state index in [-0.39, 0.29) is 0 Å². The molecule has 0 saturated carbocycles. The van der Waals surface area contributed by atoms with E-state index in [0.29, 0.717) is 5.96 Å². The molecule has 4 N–H and O–H groups in total. The van der Waals surface area contributed by atoms with Gasteiger partial charge in [-0.05, 0) is 12.1 Å². The Bertz CT molecular complexity index is 518. The molecule has 1 aliphatic rings. The molecule has 9 heteroatoms. The van der Waals surface area contributed by atoms with Gasteiger partial charge >= 0.3 is 12.1 Å². The van der Waals surface area contributed by atoms with Crippen LogP contribution < -0.4 is 21.5 Å². The first-order valence-electron chi connectivity index (χ1n) is 6.43. The average molecular weight is 318 g/mol. The number of nitrogens with two attached hydrogens (primary N) is 2. The summed E-state index contributed by atoms with van der Waals surface area (Å²) in [5.41, 5.74) is 12.4. The molecule has 0 amide bonds. The van der Waals surface area contributed by atoms with Gasteiger partial charge in [0.2, 0.25) is 0 Å². The van der Waals surface area contributed by atoms with Crippen molar-refractivity contribution < 1.29 is 27.6 Å². The number of anilines is 1. The Balaban J connectivity index is 0.000000295. The van der Waals surface area contributed by atoms with Gasteiger partial charge in [0, 0.05) is 18.8 Å². The van der Waals surface area contributed by atoms with Gasteiger partial charge in [0.1, 0.15) is 5.97 Å². The largest absolute Gasteiger partial charge is 0.542 e.